The smallest absolute Gasteiger partial charge is 0.0847 e. The zero-order valence-corrected chi connectivity index (χ0v) is 11.0. The van der Waals surface area contributed by atoms with Crippen molar-refractivity contribution in [2.24, 2.45) is 0 Å². The molecule has 0 fully saturated rings. The molecule has 0 aliphatic carbocycles. The van der Waals surface area contributed by atoms with Crippen LogP contribution in [0, 0.1) is 0 Å². The second-order valence-electron chi connectivity index (χ2n) is 3.35. The largest absolute Gasteiger partial charge is 0.390 e. The topological polar surface area (TPSA) is 32.3 Å². The van der Waals surface area contributed by atoms with Gasteiger partial charge in [-0.25, -0.2) is 0 Å². The summed E-state index contributed by atoms with van der Waals surface area (Å²) in [5.41, 5.74) is 2.27. The highest BCUT2D eigenvalue weighted by molar-refractivity contribution is 9.10. The number of aliphatic hydroxyl groups excluding tert-OH is 1. The summed E-state index contributed by atoms with van der Waals surface area (Å²) in [5, 5.41) is 12.4. The average Bonchev–Trinajstić information content (AvgIpc) is 2.26. The third-order valence-electron chi connectivity index (χ3n) is 2.15. The predicted molar refractivity (Wildman–Crippen MR) is 68.7 cm³/mol. The van der Waals surface area contributed by atoms with Crippen molar-refractivity contribution in [2.75, 3.05) is 17.7 Å². The molecule has 2 N–H and O–H groups in total. The van der Waals surface area contributed by atoms with E-state index in [0.29, 0.717) is 6.54 Å². The molecule has 1 unspecified atom stereocenters. The standard InChI is InChI=1S/C11H15BrClNO/c1-2-8-3-4-9(5-11(8)12)14-7-10(15)6-13/h3-5,10,14-15H,2,6-7H2,1H3. The van der Waals surface area contributed by atoms with Crippen molar-refractivity contribution < 1.29 is 5.11 Å². The molecule has 0 aliphatic heterocycles. The fourth-order valence-corrected chi connectivity index (χ4v) is 2.00. The van der Waals surface area contributed by atoms with E-state index in [2.05, 4.69) is 34.2 Å². The number of benzene rings is 1. The van der Waals surface area contributed by atoms with Crippen LogP contribution in [0.1, 0.15) is 12.5 Å². The lowest BCUT2D eigenvalue weighted by Gasteiger charge is -2.11. The van der Waals surface area contributed by atoms with E-state index in [1.54, 1.807) is 0 Å². The summed E-state index contributed by atoms with van der Waals surface area (Å²) in [6.07, 6.45) is 0.502. The maximum absolute atomic E-state index is 9.28. The molecule has 0 saturated heterocycles. The quantitative estimate of drug-likeness (QED) is 0.818. The summed E-state index contributed by atoms with van der Waals surface area (Å²) in [6.45, 7) is 2.59. The van der Waals surface area contributed by atoms with Gasteiger partial charge in [-0.15, -0.1) is 11.6 Å². The Kier molecular flexibility index (Phi) is 5.43. The Morgan fingerprint density at radius 3 is 2.80 bits per heavy atom. The Morgan fingerprint density at radius 2 is 2.27 bits per heavy atom. The number of aryl methyl sites for hydroxylation is 1. The Morgan fingerprint density at radius 1 is 1.53 bits per heavy atom. The number of halogens is 2. The molecular formula is C11H15BrClNO. The number of hydrogen-bond acceptors (Lipinski definition) is 2. The number of anilines is 1. The van der Waals surface area contributed by atoms with E-state index < -0.39 is 6.10 Å². The summed E-state index contributed by atoms with van der Waals surface area (Å²) < 4.78 is 1.09. The van der Waals surface area contributed by atoms with Crippen molar-refractivity contribution in [1.29, 1.82) is 0 Å². The van der Waals surface area contributed by atoms with Crippen molar-refractivity contribution in [3.05, 3.63) is 28.2 Å². The first-order chi connectivity index (χ1) is 7.17. The molecule has 1 atom stereocenters. The minimum absolute atomic E-state index is 0.251. The Balaban J connectivity index is 2.59. The number of rotatable bonds is 5. The zero-order chi connectivity index (χ0) is 11.3. The Labute approximate surface area is 104 Å². The molecule has 0 saturated carbocycles. The first-order valence-corrected chi connectivity index (χ1v) is 6.26. The molecule has 84 valence electrons. The van der Waals surface area contributed by atoms with Crippen LogP contribution in [0.15, 0.2) is 22.7 Å². The van der Waals surface area contributed by atoms with E-state index in [1.165, 1.54) is 5.56 Å². The Bertz CT molecular complexity index is 319. The minimum Gasteiger partial charge on any atom is -0.390 e. The van der Waals surface area contributed by atoms with Crippen molar-refractivity contribution in [1.82, 2.24) is 0 Å². The van der Waals surface area contributed by atoms with Gasteiger partial charge < -0.3 is 10.4 Å². The number of hydrogen-bond donors (Lipinski definition) is 2. The molecule has 0 radical (unpaired) electrons. The summed E-state index contributed by atoms with van der Waals surface area (Å²) in [5.74, 6) is 0.251. The zero-order valence-electron chi connectivity index (χ0n) is 8.63. The summed E-state index contributed by atoms with van der Waals surface area (Å²) in [7, 11) is 0. The maximum atomic E-state index is 9.28. The molecule has 15 heavy (non-hydrogen) atoms. The van der Waals surface area contributed by atoms with Gasteiger partial charge in [-0.3, -0.25) is 0 Å². The summed E-state index contributed by atoms with van der Waals surface area (Å²) in [4.78, 5) is 0. The number of alkyl halides is 1. The fourth-order valence-electron chi connectivity index (χ4n) is 1.23. The highest BCUT2D eigenvalue weighted by atomic mass is 79.9. The van der Waals surface area contributed by atoms with Crippen LogP contribution in [0.4, 0.5) is 5.69 Å². The second kappa shape index (κ2) is 6.36. The van der Waals surface area contributed by atoms with Gasteiger partial charge in [0.15, 0.2) is 0 Å². The van der Waals surface area contributed by atoms with Gasteiger partial charge in [0, 0.05) is 16.7 Å². The summed E-state index contributed by atoms with van der Waals surface area (Å²) >= 11 is 9.00. The molecule has 0 aliphatic rings. The van der Waals surface area contributed by atoms with Crippen LogP contribution in [0.2, 0.25) is 0 Å². The molecule has 2 nitrogen and oxygen atoms in total. The second-order valence-corrected chi connectivity index (χ2v) is 4.51. The molecule has 1 aromatic carbocycles. The van der Waals surface area contributed by atoms with Crippen LogP contribution < -0.4 is 5.32 Å². The molecular weight excluding hydrogens is 277 g/mol. The van der Waals surface area contributed by atoms with E-state index in [0.717, 1.165) is 16.6 Å². The van der Waals surface area contributed by atoms with Gasteiger partial charge in [0.25, 0.3) is 0 Å². The first kappa shape index (κ1) is 12.8. The number of aliphatic hydroxyl groups is 1. The molecule has 0 heterocycles. The molecule has 1 aromatic rings. The van der Waals surface area contributed by atoms with Gasteiger partial charge in [0.1, 0.15) is 0 Å². The molecule has 0 spiro atoms. The number of nitrogens with one attached hydrogen (secondary N) is 1. The highest BCUT2D eigenvalue weighted by Crippen LogP contribution is 2.21. The van der Waals surface area contributed by atoms with E-state index >= 15 is 0 Å². The highest BCUT2D eigenvalue weighted by Gasteiger charge is 2.03. The van der Waals surface area contributed by atoms with Gasteiger partial charge in [-0.1, -0.05) is 28.9 Å². The van der Waals surface area contributed by atoms with E-state index in [4.69, 9.17) is 11.6 Å². The minimum atomic E-state index is -0.503. The average molecular weight is 293 g/mol. The molecule has 0 aromatic heterocycles. The van der Waals surface area contributed by atoms with Crippen LogP contribution >= 0.6 is 27.5 Å². The molecule has 0 bridgehead atoms. The lowest BCUT2D eigenvalue weighted by Crippen LogP contribution is -2.20. The third kappa shape index (κ3) is 4.01. The van der Waals surface area contributed by atoms with Gasteiger partial charge in [-0.05, 0) is 24.1 Å². The van der Waals surface area contributed by atoms with E-state index in [1.807, 2.05) is 12.1 Å². The van der Waals surface area contributed by atoms with E-state index in [-0.39, 0.29) is 5.88 Å². The maximum Gasteiger partial charge on any atom is 0.0847 e. The molecule has 1 rings (SSSR count). The van der Waals surface area contributed by atoms with Gasteiger partial charge in [0.05, 0.1) is 12.0 Å². The molecule has 4 heteroatoms. The monoisotopic (exact) mass is 291 g/mol. The van der Waals surface area contributed by atoms with Crippen molar-refractivity contribution in [2.45, 2.75) is 19.4 Å². The normalized spacial score (nSPS) is 12.5. The van der Waals surface area contributed by atoms with Crippen LogP contribution in [0.3, 0.4) is 0 Å². The van der Waals surface area contributed by atoms with Crippen molar-refractivity contribution in [3.63, 3.8) is 0 Å². The lowest BCUT2D eigenvalue weighted by atomic mass is 10.1. The van der Waals surface area contributed by atoms with Crippen LogP contribution in [-0.2, 0) is 6.42 Å². The predicted octanol–water partition coefficient (Wildman–Crippen LogP) is 3.02. The van der Waals surface area contributed by atoms with Gasteiger partial charge >= 0.3 is 0 Å². The van der Waals surface area contributed by atoms with Crippen LogP contribution in [0.5, 0.6) is 0 Å². The van der Waals surface area contributed by atoms with Crippen molar-refractivity contribution in [3.8, 4) is 0 Å². The Hall–Kier alpha value is -0.250. The van der Waals surface area contributed by atoms with Gasteiger partial charge in [-0.2, -0.15) is 0 Å². The lowest BCUT2D eigenvalue weighted by molar-refractivity contribution is 0.211. The van der Waals surface area contributed by atoms with E-state index in [9.17, 15) is 5.11 Å². The van der Waals surface area contributed by atoms with Crippen molar-refractivity contribution >= 4 is 33.2 Å². The van der Waals surface area contributed by atoms with Crippen LogP contribution in [0.25, 0.3) is 0 Å². The van der Waals surface area contributed by atoms with Gasteiger partial charge in [0.2, 0.25) is 0 Å². The fraction of sp³-hybridized carbons (Fsp3) is 0.455. The summed E-state index contributed by atoms with van der Waals surface area (Å²) in [6, 6.07) is 6.09. The third-order valence-corrected chi connectivity index (χ3v) is 3.25. The molecule has 0 amide bonds. The SMILES string of the molecule is CCc1ccc(NCC(O)CCl)cc1Br. The van der Waals surface area contributed by atoms with Crippen LogP contribution in [-0.4, -0.2) is 23.6 Å². The first-order valence-electron chi connectivity index (χ1n) is 4.93.